The van der Waals surface area contributed by atoms with Crippen molar-refractivity contribution in [3.8, 4) is 5.75 Å². The summed E-state index contributed by atoms with van der Waals surface area (Å²) >= 11 is 0. The van der Waals surface area contributed by atoms with Gasteiger partial charge >= 0.3 is 0 Å². The van der Waals surface area contributed by atoms with E-state index in [0.717, 1.165) is 11.3 Å². The quantitative estimate of drug-likeness (QED) is 0.754. The van der Waals surface area contributed by atoms with Crippen LogP contribution in [-0.2, 0) is 4.79 Å². The average molecular weight is 207 g/mol. The van der Waals surface area contributed by atoms with Crippen LogP contribution >= 0.6 is 0 Å². The van der Waals surface area contributed by atoms with Crippen molar-refractivity contribution in [3.63, 3.8) is 0 Å². The molecule has 3 heteroatoms. The molecule has 0 fully saturated rings. The first-order valence-corrected chi connectivity index (χ1v) is 5.01. The second kappa shape index (κ2) is 5.39. The van der Waals surface area contributed by atoms with Crippen molar-refractivity contribution in [2.45, 2.75) is 13.8 Å². The summed E-state index contributed by atoms with van der Waals surface area (Å²) in [5.41, 5.74) is 1.11. The Kier molecular flexibility index (Phi) is 4.16. The molecule has 0 unspecified atom stereocenters. The lowest BCUT2D eigenvalue weighted by Crippen LogP contribution is -2.28. The molecule has 0 spiro atoms. The van der Waals surface area contributed by atoms with Crippen molar-refractivity contribution in [2.24, 2.45) is 0 Å². The molecule has 0 bridgehead atoms. The molecule has 3 nitrogen and oxygen atoms in total. The lowest BCUT2D eigenvalue weighted by molar-refractivity contribution is -0.127. The Morgan fingerprint density at radius 3 is 2.67 bits per heavy atom. The number of hydrogen-bond donors (Lipinski definition) is 0. The van der Waals surface area contributed by atoms with Crippen LogP contribution in [0.3, 0.4) is 0 Å². The highest BCUT2D eigenvalue weighted by Crippen LogP contribution is 2.15. The molecule has 0 saturated carbocycles. The van der Waals surface area contributed by atoms with Crippen molar-refractivity contribution in [2.75, 3.05) is 20.2 Å². The van der Waals surface area contributed by atoms with Crippen molar-refractivity contribution < 1.29 is 9.53 Å². The van der Waals surface area contributed by atoms with E-state index < -0.39 is 0 Å². The Balaban J connectivity index is 2.38. The van der Waals surface area contributed by atoms with Gasteiger partial charge in [0, 0.05) is 14.0 Å². The highest BCUT2D eigenvalue weighted by Gasteiger charge is 2.02. The van der Waals surface area contributed by atoms with Gasteiger partial charge in [0.05, 0.1) is 6.54 Å². The highest BCUT2D eigenvalue weighted by molar-refractivity contribution is 5.72. The van der Waals surface area contributed by atoms with Gasteiger partial charge in [-0.1, -0.05) is 18.2 Å². The molecule has 0 saturated heterocycles. The molecule has 0 aliphatic rings. The lowest BCUT2D eigenvalue weighted by atomic mass is 10.2. The topological polar surface area (TPSA) is 29.5 Å². The summed E-state index contributed by atoms with van der Waals surface area (Å²) in [6.07, 6.45) is 0. The minimum absolute atomic E-state index is 0.0587. The van der Waals surface area contributed by atoms with Crippen LogP contribution in [0.1, 0.15) is 12.5 Å². The molecule has 0 heterocycles. The molecule has 0 aromatic heterocycles. The monoisotopic (exact) mass is 207 g/mol. The van der Waals surface area contributed by atoms with Gasteiger partial charge in [0.15, 0.2) is 0 Å². The first-order valence-electron chi connectivity index (χ1n) is 5.01. The molecule has 0 aliphatic heterocycles. The Morgan fingerprint density at radius 1 is 1.40 bits per heavy atom. The number of aryl methyl sites for hydroxylation is 1. The number of benzene rings is 1. The standard InChI is InChI=1S/C12H17NO2/c1-10-6-4-5-7-12(10)15-9-8-13(3)11(2)14/h4-7H,8-9H2,1-3H3. The Bertz CT molecular complexity index is 336. The number of rotatable bonds is 4. The third kappa shape index (κ3) is 3.62. The van der Waals surface area contributed by atoms with E-state index in [0.29, 0.717) is 13.2 Å². The van der Waals surface area contributed by atoms with E-state index in [4.69, 9.17) is 4.74 Å². The Hall–Kier alpha value is -1.51. The summed E-state index contributed by atoms with van der Waals surface area (Å²) in [7, 11) is 1.77. The van der Waals surface area contributed by atoms with Gasteiger partial charge in [-0.25, -0.2) is 0 Å². The smallest absolute Gasteiger partial charge is 0.219 e. The predicted octanol–water partition coefficient (Wildman–Crippen LogP) is 1.85. The summed E-state index contributed by atoms with van der Waals surface area (Å²) in [5.74, 6) is 0.942. The van der Waals surface area contributed by atoms with Gasteiger partial charge in [0.2, 0.25) is 5.91 Å². The van der Waals surface area contributed by atoms with Crippen LogP contribution in [-0.4, -0.2) is 31.0 Å². The zero-order valence-electron chi connectivity index (χ0n) is 9.49. The Labute approximate surface area is 90.7 Å². The van der Waals surface area contributed by atoms with E-state index in [1.54, 1.807) is 18.9 Å². The molecular weight excluding hydrogens is 190 g/mol. The van der Waals surface area contributed by atoms with Gasteiger partial charge in [0.25, 0.3) is 0 Å². The molecule has 1 rings (SSSR count). The van der Waals surface area contributed by atoms with Gasteiger partial charge < -0.3 is 9.64 Å². The fraction of sp³-hybridized carbons (Fsp3) is 0.417. The minimum atomic E-state index is 0.0587. The maximum Gasteiger partial charge on any atom is 0.219 e. The van der Waals surface area contributed by atoms with Crippen LogP contribution in [0.15, 0.2) is 24.3 Å². The summed E-state index contributed by atoms with van der Waals surface area (Å²) in [5, 5.41) is 0. The first kappa shape index (κ1) is 11.6. The van der Waals surface area contributed by atoms with Crippen LogP contribution in [0.25, 0.3) is 0 Å². The molecule has 0 N–H and O–H groups in total. The number of ether oxygens (including phenoxy) is 1. The van der Waals surface area contributed by atoms with Crippen LogP contribution < -0.4 is 4.74 Å². The predicted molar refractivity (Wildman–Crippen MR) is 60.0 cm³/mol. The fourth-order valence-electron chi connectivity index (χ4n) is 1.17. The number of amides is 1. The zero-order valence-corrected chi connectivity index (χ0v) is 9.49. The lowest BCUT2D eigenvalue weighted by Gasteiger charge is -2.15. The summed E-state index contributed by atoms with van der Waals surface area (Å²) in [4.78, 5) is 12.6. The normalized spacial score (nSPS) is 9.80. The molecule has 0 radical (unpaired) electrons. The molecular formula is C12H17NO2. The number of carbonyl (C=O) groups is 1. The number of para-hydroxylation sites is 1. The van der Waals surface area contributed by atoms with Crippen LogP contribution in [0.2, 0.25) is 0 Å². The van der Waals surface area contributed by atoms with E-state index in [1.807, 2.05) is 31.2 Å². The number of carbonyl (C=O) groups excluding carboxylic acids is 1. The third-order valence-electron chi connectivity index (χ3n) is 2.32. The summed E-state index contributed by atoms with van der Waals surface area (Å²) in [6.45, 7) is 4.70. The van der Waals surface area contributed by atoms with E-state index in [9.17, 15) is 4.79 Å². The van der Waals surface area contributed by atoms with Crippen molar-refractivity contribution in [1.82, 2.24) is 4.90 Å². The SMILES string of the molecule is CC(=O)N(C)CCOc1ccccc1C. The van der Waals surface area contributed by atoms with Gasteiger partial charge in [0.1, 0.15) is 12.4 Å². The van der Waals surface area contributed by atoms with E-state index in [-0.39, 0.29) is 5.91 Å². The van der Waals surface area contributed by atoms with Crippen LogP contribution in [0.5, 0.6) is 5.75 Å². The van der Waals surface area contributed by atoms with Crippen molar-refractivity contribution >= 4 is 5.91 Å². The highest BCUT2D eigenvalue weighted by atomic mass is 16.5. The van der Waals surface area contributed by atoms with Crippen LogP contribution in [0.4, 0.5) is 0 Å². The van der Waals surface area contributed by atoms with E-state index in [2.05, 4.69) is 0 Å². The fourth-order valence-corrected chi connectivity index (χ4v) is 1.17. The molecule has 1 amide bonds. The molecule has 15 heavy (non-hydrogen) atoms. The number of hydrogen-bond acceptors (Lipinski definition) is 2. The summed E-state index contributed by atoms with van der Waals surface area (Å²) < 4.78 is 5.56. The van der Waals surface area contributed by atoms with Crippen molar-refractivity contribution in [1.29, 1.82) is 0 Å². The molecule has 1 aromatic rings. The molecule has 0 atom stereocenters. The summed E-state index contributed by atoms with van der Waals surface area (Å²) in [6, 6.07) is 7.86. The van der Waals surface area contributed by atoms with Crippen molar-refractivity contribution in [3.05, 3.63) is 29.8 Å². The number of likely N-dealkylation sites (N-methyl/N-ethyl adjacent to an activating group) is 1. The van der Waals surface area contributed by atoms with E-state index >= 15 is 0 Å². The number of nitrogens with zero attached hydrogens (tertiary/aromatic N) is 1. The van der Waals surface area contributed by atoms with E-state index in [1.165, 1.54) is 0 Å². The third-order valence-corrected chi connectivity index (χ3v) is 2.32. The first-order chi connectivity index (χ1) is 7.11. The minimum Gasteiger partial charge on any atom is -0.491 e. The average Bonchev–Trinajstić information content (AvgIpc) is 2.20. The van der Waals surface area contributed by atoms with Gasteiger partial charge in [-0.15, -0.1) is 0 Å². The largest absolute Gasteiger partial charge is 0.491 e. The molecule has 82 valence electrons. The second-order valence-corrected chi connectivity index (χ2v) is 3.55. The molecule has 0 aliphatic carbocycles. The van der Waals surface area contributed by atoms with Gasteiger partial charge in [-0.3, -0.25) is 4.79 Å². The van der Waals surface area contributed by atoms with Gasteiger partial charge in [-0.05, 0) is 18.6 Å². The second-order valence-electron chi connectivity index (χ2n) is 3.55. The maximum atomic E-state index is 10.9. The Morgan fingerprint density at radius 2 is 2.07 bits per heavy atom. The van der Waals surface area contributed by atoms with Gasteiger partial charge in [-0.2, -0.15) is 0 Å². The van der Waals surface area contributed by atoms with Crippen LogP contribution in [0, 0.1) is 6.92 Å². The molecule has 1 aromatic carbocycles. The zero-order chi connectivity index (χ0) is 11.3. The maximum absolute atomic E-state index is 10.9.